The van der Waals surface area contributed by atoms with Gasteiger partial charge in [-0.3, -0.25) is 4.79 Å². The molecular formula is C20H23NO3S. The van der Waals surface area contributed by atoms with Crippen molar-refractivity contribution in [2.75, 3.05) is 13.3 Å². The number of benzene rings is 2. The summed E-state index contributed by atoms with van der Waals surface area (Å²) in [4.78, 5) is 15.0. The van der Waals surface area contributed by atoms with E-state index in [2.05, 4.69) is 12.1 Å². The van der Waals surface area contributed by atoms with Crippen LogP contribution in [-0.2, 0) is 16.3 Å². The first kappa shape index (κ1) is 17.7. The standard InChI is InChI=1S/C20H23NO3S/c1-14-11-12-16(25(3,23)24)13-18(14)20(22)21(2)19-10-6-8-15-7-4-5-9-17(15)19/h4-5,7,9,11-13,19H,6,8,10H2,1-3H3/t19-/m1/s1. The van der Waals surface area contributed by atoms with Crippen molar-refractivity contribution in [3.63, 3.8) is 0 Å². The van der Waals surface area contributed by atoms with Crippen LogP contribution in [-0.4, -0.2) is 32.5 Å². The molecule has 5 heteroatoms. The molecule has 0 aromatic heterocycles. The van der Waals surface area contributed by atoms with E-state index >= 15 is 0 Å². The second-order valence-corrected chi connectivity index (χ2v) is 8.79. The minimum absolute atomic E-state index is 0.0266. The van der Waals surface area contributed by atoms with Crippen LogP contribution in [0.3, 0.4) is 0 Å². The lowest BCUT2D eigenvalue weighted by molar-refractivity contribution is 0.0714. The van der Waals surface area contributed by atoms with Crippen LogP contribution in [0.5, 0.6) is 0 Å². The first-order valence-electron chi connectivity index (χ1n) is 8.44. The normalized spacial score (nSPS) is 17.0. The van der Waals surface area contributed by atoms with Crippen LogP contribution in [0.25, 0.3) is 0 Å². The fourth-order valence-corrected chi connectivity index (χ4v) is 4.17. The van der Waals surface area contributed by atoms with E-state index in [1.165, 1.54) is 17.2 Å². The van der Waals surface area contributed by atoms with E-state index in [1.54, 1.807) is 17.0 Å². The summed E-state index contributed by atoms with van der Waals surface area (Å²) < 4.78 is 23.7. The SMILES string of the molecule is Cc1ccc(S(C)(=O)=O)cc1C(=O)N(C)[C@@H]1CCCc2ccccc21. The number of carbonyl (C=O) groups is 1. The maximum absolute atomic E-state index is 13.1. The largest absolute Gasteiger partial charge is 0.335 e. The van der Waals surface area contributed by atoms with Gasteiger partial charge in [0.25, 0.3) is 5.91 Å². The third kappa shape index (κ3) is 3.47. The van der Waals surface area contributed by atoms with Crippen LogP contribution in [0, 0.1) is 6.92 Å². The quantitative estimate of drug-likeness (QED) is 0.844. The highest BCUT2D eigenvalue weighted by molar-refractivity contribution is 7.90. The van der Waals surface area contributed by atoms with Crippen LogP contribution >= 0.6 is 0 Å². The molecule has 132 valence electrons. The highest BCUT2D eigenvalue weighted by Gasteiger charge is 2.28. The number of sulfone groups is 1. The number of carbonyl (C=O) groups excluding carboxylic acids is 1. The molecular weight excluding hydrogens is 334 g/mol. The van der Waals surface area contributed by atoms with E-state index in [-0.39, 0.29) is 16.8 Å². The van der Waals surface area contributed by atoms with Crippen molar-refractivity contribution in [1.82, 2.24) is 4.90 Å². The van der Waals surface area contributed by atoms with Gasteiger partial charge in [0, 0.05) is 18.9 Å². The van der Waals surface area contributed by atoms with Gasteiger partial charge in [-0.1, -0.05) is 30.3 Å². The Hall–Kier alpha value is -2.14. The molecule has 0 spiro atoms. The van der Waals surface area contributed by atoms with Gasteiger partial charge in [-0.2, -0.15) is 0 Å². The van der Waals surface area contributed by atoms with Gasteiger partial charge in [0.2, 0.25) is 0 Å². The van der Waals surface area contributed by atoms with Crippen LogP contribution in [0.1, 0.15) is 45.9 Å². The molecule has 0 saturated carbocycles. The van der Waals surface area contributed by atoms with Gasteiger partial charge in [-0.25, -0.2) is 8.42 Å². The van der Waals surface area contributed by atoms with Crippen LogP contribution in [0.2, 0.25) is 0 Å². The number of nitrogens with zero attached hydrogens (tertiary/aromatic N) is 1. The van der Waals surface area contributed by atoms with E-state index in [0.717, 1.165) is 31.1 Å². The zero-order chi connectivity index (χ0) is 18.2. The molecule has 0 aliphatic heterocycles. The molecule has 0 N–H and O–H groups in total. The van der Waals surface area contributed by atoms with Gasteiger partial charge < -0.3 is 4.90 Å². The first-order chi connectivity index (χ1) is 11.8. The highest BCUT2D eigenvalue weighted by atomic mass is 32.2. The molecule has 1 aliphatic rings. The molecule has 25 heavy (non-hydrogen) atoms. The lowest BCUT2D eigenvalue weighted by Gasteiger charge is -2.33. The number of hydrogen-bond acceptors (Lipinski definition) is 3. The zero-order valence-electron chi connectivity index (χ0n) is 14.8. The average Bonchev–Trinajstić information content (AvgIpc) is 2.59. The van der Waals surface area contributed by atoms with Crippen molar-refractivity contribution in [2.24, 2.45) is 0 Å². The minimum Gasteiger partial charge on any atom is -0.335 e. The monoisotopic (exact) mass is 357 g/mol. The third-order valence-corrected chi connectivity index (χ3v) is 6.10. The molecule has 0 bridgehead atoms. The Balaban J connectivity index is 1.97. The van der Waals surface area contributed by atoms with Crippen LogP contribution < -0.4 is 0 Å². The molecule has 1 aliphatic carbocycles. The molecule has 0 unspecified atom stereocenters. The van der Waals surface area contributed by atoms with Crippen molar-refractivity contribution in [3.8, 4) is 0 Å². The van der Waals surface area contributed by atoms with Crippen molar-refractivity contribution in [2.45, 2.75) is 37.1 Å². The first-order valence-corrected chi connectivity index (χ1v) is 10.3. The summed E-state index contributed by atoms with van der Waals surface area (Å²) in [5, 5.41) is 0. The highest BCUT2D eigenvalue weighted by Crippen LogP contribution is 2.34. The summed E-state index contributed by atoms with van der Waals surface area (Å²) in [5.41, 5.74) is 3.73. The summed E-state index contributed by atoms with van der Waals surface area (Å²) in [6, 6.07) is 13.0. The maximum Gasteiger partial charge on any atom is 0.254 e. The number of hydrogen-bond donors (Lipinski definition) is 0. The Kier molecular flexibility index (Phi) is 4.69. The summed E-state index contributed by atoms with van der Waals surface area (Å²) in [5.74, 6) is -0.135. The fraction of sp³-hybridized carbons (Fsp3) is 0.350. The van der Waals surface area contributed by atoms with Gasteiger partial charge in [-0.15, -0.1) is 0 Å². The third-order valence-electron chi connectivity index (χ3n) is 4.99. The van der Waals surface area contributed by atoms with Gasteiger partial charge in [0.05, 0.1) is 10.9 Å². The lowest BCUT2D eigenvalue weighted by atomic mass is 9.86. The number of aryl methyl sites for hydroxylation is 2. The summed E-state index contributed by atoms with van der Waals surface area (Å²) in [6.07, 6.45) is 4.16. The summed E-state index contributed by atoms with van der Waals surface area (Å²) in [6.45, 7) is 1.84. The van der Waals surface area contributed by atoms with Crippen molar-refractivity contribution >= 4 is 15.7 Å². The van der Waals surface area contributed by atoms with E-state index in [9.17, 15) is 13.2 Å². The molecule has 2 aromatic rings. The van der Waals surface area contributed by atoms with Crippen LogP contribution in [0.4, 0.5) is 0 Å². The van der Waals surface area contributed by atoms with Gasteiger partial charge in [0.15, 0.2) is 9.84 Å². The molecule has 0 heterocycles. The number of amides is 1. The Morgan fingerprint density at radius 1 is 1.16 bits per heavy atom. The average molecular weight is 357 g/mol. The fourth-order valence-electron chi connectivity index (χ4n) is 3.52. The number of fused-ring (bicyclic) bond motifs is 1. The molecule has 1 amide bonds. The molecule has 1 atom stereocenters. The second kappa shape index (κ2) is 6.64. The van der Waals surface area contributed by atoms with Crippen molar-refractivity contribution < 1.29 is 13.2 Å². The molecule has 0 fully saturated rings. The van der Waals surface area contributed by atoms with Gasteiger partial charge >= 0.3 is 0 Å². The van der Waals surface area contributed by atoms with Crippen molar-refractivity contribution in [1.29, 1.82) is 0 Å². The minimum atomic E-state index is -3.35. The van der Waals surface area contributed by atoms with Crippen LogP contribution in [0.15, 0.2) is 47.4 Å². The summed E-state index contributed by atoms with van der Waals surface area (Å²) in [7, 11) is -1.54. The molecule has 3 rings (SSSR count). The lowest BCUT2D eigenvalue weighted by Crippen LogP contribution is -2.33. The molecule has 2 aromatic carbocycles. The van der Waals surface area contributed by atoms with Crippen molar-refractivity contribution in [3.05, 3.63) is 64.7 Å². The zero-order valence-corrected chi connectivity index (χ0v) is 15.6. The molecule has 4 nitrogen and oxygen atoms in total. The number of rotatable bonds is 3. The Bertz CT molecular complexity index is 918. The maximum atomic E-state index is 13.1. The van der Waals surface area contributed by atoms with E-state index in [0.29, 0.717) is 5.56 Å². The second-order valence-electron chi connectivity index (χ2n) is 6.77. The molecule has 0 saturated heterocycles. The smallest absolute Gasteiger partial charge is 0.254 e. The van der Waals surface area contributed by atoms with E-state index in [4.69, 9.17) is 0 Å². The van der Waals surface area contributed by atoms with Gasteiger partial charge in [-0.05, 0) is 55.0 Å². The molecule has 0 radical (unpaired) electrons. The Morgan fingerprint density at radius 3 is 2.60 bits per heavy atom. The predicted octanol–water partition coefficient (Wildman–Crippen LogP) is 3.55. The van der Waals surface area contributed by atoms with E-state index < -0.39 is 9.84 Å². The summed E-state index contributed by atoms with van der Waals surface area (Å²) >= 11 is 0. The Labute approximate surface area is 149 Å². The van der Waals surface area contributed by atoms with Gasteiger partial charge in [0.1, 0.15) is 0 Å². The predicted molar refractivity (Wildman–Crippen MR) is 98.5 cm³/mol. The van der Waals surface area contributed by atoms with E-state index in [1.807, 2.05) is 26.1 Å². The topological polar surface area (TPSA) is 54.5 Å². The Morgan fingerprint density at radius 2 is 1.88 bits per heavy atom.